The predicted octanol–water partition coefficient (Wildman–Crippen LogP) is 1.52. The molecule has 0 rings (SSSR count). The van der Waals surface area contributed by atoms with Gasteiger partial charge in [0.05, 0.1) is 7.11 Å². The molecular weight excluding hydrogens is 172 g/mol. The first-order valence-corrected chi connectivity index (χ1v) is 4.60. The van der Waals surface area contributed by atoms with Crippen molar-refractivity contribution in [1.82, 2.24) is 0 Å². The van der Waals surface area contributed by atoms with Gasteiger partial charge >= 0.3 is 5.97 Å². The second kappa shape index (κ2) is 4.85. The molecule has 0 aromatic heterocycles. The van der Waals surface area contributed by atoms with Crippen LogP contribution in [-0.2, 0) is 9.53 Å². The highest BCUT2D eigenvalue weighted by Crippen LogP contribution is 2.16. The van der Waals surface area contributed by atoms with Gasteiger partial charge in [-0.3, -0.25) is 4.79 Å². The molecule has 2 atom stereocenters. The molecule has 0 saturated heterocycles. The van der Waals surface area contributed by atoms with Crippen molar-refractivity contribution < 1.29 is 9.53 Å². The van der Waals surface area contributed by atoms with Crippen LogP contribution in [-0.4, -0.2) is 30.0 Å². The van der Waals surface area contributed by atoms with Crippen molar-refractivity contribution in [2.24, 2.45) is 0 Å². The van der Waals surface area contributed by atoms with E-state index in [1.165, 1.54) is 7.11 Å². The van der Waals surface area contributed by atoms with Crippen molar-refractivity contribution in [3.05, 3.63) is 0 Å². The zero-order valence-electron chi connectivity index (χ0n) is 6.26. The summed E-state index contributed by atoms with van der Waals surface area (Å²) in [5.74, 6) is -0.358. The number of hydrogen-bond acceptors (Lipinski definition) is 3. The first-order chi connectivity index (χ1) is 4.63. The summed E-state index contributed by atoms with van der Waals surface area (Å²) in [6.45, 7) is 1.89. The highest BCUT2D eigenvalue weighted by molar-refractivity contribution is 7.99. The first-order valence-electron chi connectivity index (χ1n) is 2.88. The molecule has 60 valence electrons. The SMILES string of the molecule is COC(=O)[C@@H](Cl)[C@H](C)SC. The third-order valence-electron chi connectivity index (χ3n) is 1.21. The van der Waals surface area contributed by atoms with Gasteiger partial charge in [0.15, 0.2) is 0 Å². The van der Waals surface area contributed by atoms with Gasteiger partial charge in [0, 0.05) is 5.25 Å². The molecule has 2 nitrogen and oxygen atoms in total. The molecule has 0 bridgehead atoms. The Balaban J connectivity index is 3.81. The summed E-state index contributed by atoms with van der Waals surface area (Å²) in [5.41, 5.74) is 0. The minimum Gasteiger partial charge on any atom is -0.468 e. The van der Waals surface area contributed by atoms with Gasteiger partial charge in [-0.2, -0.15) is 11.8 Å². The molecule has 0 unspecified atom stereocenters. The lowest BCUT2D eigenvalue weighted by atomic mass is 10.3. The van der Waals surface area contributed by atoms with E-state index in [2.05, 4.69) is 4.74 Å². The third kappa shape index (κ3) is 2.80. The van der Waals surface area contributed by atoms with Gasteiger partial charge in [-0.05, 0) is 6.26 Å². The lowest BCUT2D eigenvalue weighted by Gasteiger charge is -2.12. The molecule has 0 aromatic rings. The smallest absolute Gasteiger partial charge is 0.324 e. The van der Waals surface area contributed by atoms with Gasteiger partial charge in [-0.15, -0.1) is 11.6 Å². The summed E-state index contributed by atoms with van der Waals surface area (Å²) in [4.78, 5) is 10.7. The fourth-order valence-corrected chi connectivity index (χ4v) is 1.17. The molecule has 0 aromatic carbocycles. The van der Waals surface area contributed by atoms with Crippen LogP contribution in [0, 0.1) is 0 Å². The maximum absolute atomic E-state index is 10.7. The van der Waals surface area contributed by atoms with Crippen LogP contribution in [0.25, 0.3) is 0 Å². The van der Waals surface area contributed by atoms with E-state index in [1.54, 1.807) is 11.8 Å². The second-order valence-corrected chi connectivity index (χ2v) is 3.55. The average Bonchev–Trinajstić information content (AvgIpc) is 2.00. The number of thioether (sulfide) groups is 1. The van der Waals surface area contributed by atoms with Crippen LogP contribution in [0.2, 0.25) is 0 Å². The zero-order chi connectivity index (χ0) is 8.15. The molecule has 0 spiro atoms. The Morgan fingerprint density at radius 2 is 2.20 bits per heavy atom. The Morgan fingerprint density at radius 3 is 2.50 bits per heavy atom. The van der Waals surface area contributed by atoms with Crippen LogP contribution in [0.1, 0.15) is 6.92 Å². The van der Waals surface area contributed by atoms with E-state index in [9.17, 15) is 4.79 Å². The predicted molar refractivity (Wildman–Crippen MR) is 44.6 cm³/mol. The summed E-state index contributed by atoms with van der Waals surface area (Å²) in [5, 5.41) is -0.422. The van der Waals surface area contributed by atoms with Gasteiger partial charge in [0.2, 0.25) is 0 Å². The summed E-state index contributed by atoms with van der Waals surface area (Å²) < 4.78 is 4.45. The van der Waals surface area contributed by atoms with Crippen molar-refractivity contribution in [3.63, 3.8) is 0 Å². The molecule has 0 saturated carbocycles. The van der Waals surface area contributed by atoms with Crippen LogP contribution >= 0.6 is 23.4 Å². The van der Waals surface area contributed by atoms with E-state index in [0.29, 0.717) is 0 Å². The number of hydrogen-bond donors (Lipinski definition) is 0. The molecule has 0 aliphatic carbocycles. The number of esters is 1. The van der Waals surface area contributed by atoms with E-state index in [-0.39, 0.29) is 11.2 Å². The zero-order valence-corrected chi connectivity index (χ0v) is 7.83. The van der Waals surface area contributed by atoms with Gasteiger partial charge in [-0.1, -0.05) is 6.92 Å². The van der Waals surface area contributed by atoms with Crippen LogP contribution in [0.3, 0.4) is 0 Å². The van der Waals surface area contributed by atoms with Crippen molar-refractivity contribution >= 4 is 29.3 Å². The number of carbonyl (C=O) groups excluding carboxylic acids is 1. The van der Waals surface area contributed by atoms with Gasteiger partial charge in [0.1, 0.15) is 5.38 Å². The highest BCUT2D eigenvalue weighted by atomic mass is 35.5. The average molecular weight is 183 g/mol. The highest BCUT2D eigenvalue weighted by Gasteiger charge is 2.21. The van der Waals surface area contributed by atoms with Crippen LogP contribution in [0.5, 0.6) is 0 Å². The molecule has 10 heavy (non-hydrogen) atoms. The number of methoxy groups -OCH3 is 1. The molecule has 4 heteroatoms. The molecule has 0 amide bonds. The summed E-state index contributed by atoms with van der Waals surface area (Å²) in [6.07, 6.45) is 1.91. The lowest BCUT2D eigenvalue weighted by Crippen LogP contribution is -2.25. The van der Waals surface area contributed by atoms with Crippen molar-refractivity contribution in [2.75, 3.05) is 13.4 Å². The Morgan fingerprint density at radius 1 is 1.70 bits per heavy atom. The molecule has 0 N–H and O–H groups in total. The second-order valence-electron chi connectivity index (χ2n) is 1.87. The molecule has 0 aliphatic heterocycles. The molecular formula is C6H11ClO2S. The minimum absolute atomic E-state index is 0.106. The Labute approximate surface area is 70.3 Å². The number of alkyl halides is 1. The largest absolute Gasteiger partial charge is 0.468 e. The maximum atomic E-state index is 10.7. The van der Waals surface area contributed by atoms with Crippen molar-refractivity contribution in [3.8, 4) is 0 Å². The Bertz CT molecular complexity index is 118. The fraction of sp³-hybridized carbons (Fsp3) is 0.833. The van der Waals surface area contributed by atoms with Gasteiger partial charge in [0.25, 0.3) is 0 Å². The standard InChI is InChI=1S/C6H11ClO2S/c1-4(10-3)5(7)6(8)9-2/h4-5H,1-3H3/t4-,5-/m0/s1. The molecule has 0 radical (unpaired) electrons. The van der Waals surface area contributed by atoms with E-state index in [0.717, 1.165) is 0 Å². The Hall–Kier alpha value is 0.110. The minimum atomic E-state index is -0.528. The fourth-order valence-electron chi connectivity index (χ4n) is 0.424. The molecule has 0 heterocycles. The number of rotatable bonds is 3. The lowest BCUT2D eigenvalue weighted by molar-refractivity contribution is -0.140. The van der Waals surface area contributed by atoms with Gasteiger partial charge in [-0.25, -0.2) is 0 Å². The normalized spacial score (nSPS) is 16.0. The topological polar surface area (TPSA) is 26.3 Å². The quantitative estimate of drug-likeness (QED) is 0.489. The maximum Gasteiger partial charge on any atom is 0.324 e. The van der Waals surface area contributed by atoms with Crippen molar-refractivity contribution in [2.45, 2.75) is 17.6 Å². The van der Waals surface area contributed by atoms with Crippen LogP contribution < -0.4 is 0 Å². The number of ether oxygens (including phenoxy) is 1. The summed E-state index contributed by atoms with van der Waals surface area (Å²) in [6, 6.07) is 0. The molecule has 0 aliphatic rings. The van der Waals surface area contributed by atoms with Gasteiger partial charge < -0.3 is 4.74 Å². The third-order valence-corrected chi connectivity index (χ3v) is 2.93. The number of halogens is 1. The van der Waals surface area contributed by atoms with E-state index >= 15 is 0 Å². The number of carbonyl (C=O) groups is 1. The van der Waals surface area contributed by atoms with E-state index < -0.39 is 5.38 Å². The summed E-state index contributed by atoms with van der Waals surface area (Å²) in [7, 11) is 1.34. The van der Waals surface area contributed by atoms with Crippen LogP contribution in [0.15, 0.2) is 0 Å². The molecule has 0 fully saturated rings. The van der Waals surface area contributed by atoms with E-state index in [1.807, 2.05) is 13.2 Å². The first kappa shape index (κ1) is 10.1. The van der Waals surface area contributed by atoms with Crippen LogP contribution in [0.4, 0.5) is 0 Å². The summed E-state index contributed by atoms with van der Waals surface area (Å²) >= 11 is 7.23. The monoisotopic (exact) mass is 182 g/mol. The van der Waals surface area contributed by atoms with Crippen molar-refractivity contribution in [1.29, 1.82) is 0 Å². The van der Waals surface area contributed by atoms with E-state index in [4.69, 9.17) is 11.6 Å². The Kier molecular flexibility index (Phi) is 4.91.